The summed E-state index contributed by atoms with van der Waals surface area (Å²) in [5.41, 5.74) is 9.15. The van der Waals surface area contributed by atoms with Crippen LogP contribution in [0.4, 0.5) is 5.82 Å². The summed E-state index contributed by atoms with van der Waals surface area (Å²) >= 11 is 0. The van der Waals surface area contributed by atoms with Crippen molar-refractivity contribution in [2.24, 2.45) is 5.73 Å². The van der Waals surface area contributed by atoms with Gasteiger partial charge in [0.2, 0.25) is 0 Å². The monoisotopic (exact) mass is 356 g/mol. The number of aromatic nitrogens is 4. The number of rotatable bonds is 6. The first-order chi connectivity index (χ1) is 13.3. The molecule has 0 saturated carbocycles. The molecule has 0 saturated heterocycles. The second kappa shape index (κ2) is 7.88. The molecular weight excluding hydrogens is 336 g/mol. The zero-order valence-electron chi connectivity index (χ0n) is 14.8. The largest absolute Gasteiger partial charge is 0.369 e. The molecule has 0 radical (unpaired) electrons. The Morgan fingerprint density at radius 2 is 1.67 bits per heavy atom. The van der Waals surface area contributed by atoms with Crippen LogP contribution in [0.2, 0.25) is 0 Å². The summed E-state index contributed by atoms with van der Waals surface area (Å²) < 4.78 is 0. The van der Waals surface area contributed by atoms with Crippen molar-refractivity contribution in [3.05, 3.63) is 78.9 Å². The number of nitrogens with two attached hydrogens (primary N) is 1. The molecule has 0 aliphatic heterocycles. The lowest BCUT2D eigenvalue weighted by Crippen LogP contribution is -2.16. The summed E-state index contributed by atoms with van der Waals surface area (Å²) in [6.45, 7) is 0.709. The van der Waals surface area contributed by atoms with Crippen LogP contribution in [0, 0.1) is 0 Å². The van der Waals surface area contributed by atoms with Crippen molar-refractivity contribution in [1.82, 2.24) is 19.9 Å². The van der Waals surface area contributed by atoms with Crippen LogP contribution in [0.15, 0.2) is 73.3 Å². The maximum absolute atomic E-state index is 6.30. The zero-order chi connectivity index (χ0) is 18.5. The third-order valence-electron chi connectivity index (χ3n) is 4.41. The molecule has 134 valence electrons. The van der Waals surface area contributed by atoms with Gasteiger partial charge >= 0.3 is 0 Å². The van der Waals surface area contributed by atoms with Crippen molar-refractivity contribution < 1.29 is 0 Å². The van der Waals surface area contributed by atoms with Gasteiger partial charge in [0, 0.05) is 42.1 Å². The van der Waals surface area contributed by atoms with Crippen LogP contribution in [0.25, 0.3) is 22.3 Å². The van der Waals surface area contributed by atoms with Gasteiger partial charge in [0.05, 0.1) is 11.7 Å². The van der Waals surface area contributed by atoms with E-state index < -0.39 is 0 Å². The Bertz CT molecular complexity index is 1020. The molecule has 0 fully saturated rings. The van der Waals surface area contributed by atoms with Gasteiger partial charge in [0.15, 0.2) is 5.82 Å². The minimum atomic E-state index is -0.0202. The molecule has 6 nitrogen and oxygen atoms in total. The van der Waals surface area contributed by atoms with Crippen LogP contribution in [0.3, 0.4) is 0 Å². The van der Waals surface area contributed by atoms with Gasteiger partial charge in [-0.05, 0) is 30.2 Å². The second-order valence-electron chi connectivity index (χ2n) is 6.26. The highest BCUT2D eigenvalue weighted by molar-refractivity contribution is 5.89. The second-order valence-corrected chi connectivity index (χ2v) is 6.26. The topological polar surface area (TPSA) is 89.6 Å². The van der Waals surface area contributed by atoms with Gasteiger partial charge in [-0.2, -0.15) is 0 Å². The maximum atomic E-state index is 6.30. The third-order valence-corrected chi connectivity index (χ3v) is 4.41. The predicted molar refractivity (Wildman–Crippen MR) is 107 cm³/mol. The molecule has 0 spiro atoms. The van der Waals surface area contributed by atoms with E-state index in [1.54, 1.807) is 24.8 Å². The molecule has 1 unspecified atom stereocenters. The minimum Gasteiger partial charge on any atom is -0.369 e. The highest BCUT2D eigenvalue weighted by Crippen LogP contribution is 2.24. The highest BCUT2D eigenvalue weighted by Gasteiger charge is 2.10. The van der Waals surface area contributed by atoms with Crippen LogP contribution in [0.1, 0.15) is 18.0 Å². The first kappa shape index (κ1) is 17.1. The Hall–Kier alpha value is -3.38. The first-order valence-electron chi connectivity index (χ1n) is 8.88. The summed E-state index contributed by atoms with van der Waals surface area (Å²) in [7, 11) is 0. The van der Waals surface area contributed by atoms with Crippen LogP contribution < -0.4 is 11.1 Å². The molecule has 6 heteroatoms. The molecule has 27 heavy (non-hydrogen) atoms. The average molecular weight is 356 g/mol. The molecule has 4 rings (SSSR count). The fraction of sp³-hybridized carbons (Fsp3) is 0.143. The molecule has 0 amide bonds. The molecule has 0 aliphatic carbocycles. The Balaban J connectivity index is 1.57. The number of pyridine rings is 2. The Kier molecular flexibility index (Phi) is 4.98. The standard InChI is InChI=1S/C21H20N6/c22-18(15-4-2-1-3-5-15)9-13-25-21-17-8-12-24-14-19(17)26-20(27-21)16-6-10-23-11-7-16/h1-8,10-12,14,18H,9,13,22H2,(H,25,26,27). The lowest BCUT2D eigenvalue weighted by Gasteiger charge is -2.14. The van der Waals surface area contributed by atoms with E-state index in [9.17, 15) is 0 Å². The lowest BCUT2D eigenvalue weighted by atomic mass is 10.1. The van der Waals surface area contributed by atoms with Gasteiger partial charge in [-0.3, -0.25) is 9.97 Å². The molecule has 3 heterocycles. The van der Waals surface area contributed by atoms with Gasteiger partial charge in [0.25, 0.3) is 0 Å². The van der Waals surface area contributed by atoms with Crippen molar-refractivity contribution in [3.8, 4) is 11.4 Å². The fourth-order valence-corrected chi connectivity index (χ4v) is 2.96. The molecule has 3 aromatic heterocycles. The van der Waals surface area contributed by atoms with Gasteiger partial charge < -0.3 is 11.1 Å². The van der Waals surface area contributed by atoms with Crippen molar-refractivity contribution in [3.63, 3.8) is 0 Å². The van der Waals surface area contributed by atoms with Crippen molar-refractivity contribution in [2.75, 3.05) is 11.9 Å². The van der Waals surface area contributed by atoms with E-state index in [4.69, 9.17) is 10.7 Å². The molecule has 1 aromatic carbocycles. The molecular formula is C21H20N6. The van der Waals surface area contributed by atoms with Crippen LogP contribution in [-0.4, -0.2) is 26.5 Å². The summed E-state index contributed by atoms with van der Waals surface area (Å²) in [5, 5.41) is 4.36. The third kappa shape index (κ3) is 3.91. The van der Waals surface area contributed by atoms with Crippen LogP contribution in [0.5, 0.6) is 0 Å². The van der Waals surface area contributed by atoms with Crippen molar-refractivity contribution in [2.45, 2.75) is 12.5 Å². The number of hydrogen-bond acceptors (Lipinski definition) is 6. The zero-order valence-corrected chi connectivity index (χ0v) is 14.8. The van der Waals surface area contributed by atoms with Gasteiger partial charge in [-0.1, -0.05) is 30.3 Å². The van der Waals surface area contributed by atoms with Crippen molar-refractivity contribution in [1.29, 1.82) is 0 Å². The minimum absolute atomic E-state index is 0.0202. The van der Waals surface area contributed by atoms with E-state index >= 15 is 0 Å². The predicted octanol–water partition coefficient (Wildman–Crippen LogP) is 3.59. The smallest absolute Gasteiger partial charge is 0.162 e. The summed E-state index contributed by atoms with van der Waals surface area (Å²) in [4.78, 5) is 17.6. The molecule has 0 bridgehead atoms. The summed E-state index contributed by atoms with van der Waals surface area (Å²) in [5.74, 6) is 1.43. The van der Waals surface area contributed by atoms with Crippen LogP contribution >= 0.6 is 0 Å². The maximum Gasteiger partial charge on any atom is 0.162 e. The van der Waals surface area contributed by atoms with Crippen LogP contribution in [-0.2, 0) is 0 Å². The van der Waals surface area contributed by atoms with E-state index in [1.807, 2.05) is 36.4 Å². The van der Waals surface area contributed by atoms with E-state index in [2.05, 4.69) is 32.4 Å². The van der Waals surface area contributed by atoms with Gasteiger partial charge in [0.1, 0.15) is 5.82 Å². The SMILES string of the molecule is NC(CCNc1nc(-c2ccncc2)nc2cnccc12)c1ccccc1. The Morgan fingerprint density at radius 3 is 2.48 bits per heavy atom. The summed E-state index contributed by atoms with van der Waals surface area (Å²) in [6.07, 6.45) is 7.77. The van der Waals surface area contributed by atoms with E-state index in [0.29, 0.717) is 12.4 Å². The van der Waals surface area contributed by atoms with Crippen molar-refractivity contribution >= 4 is 16.7 Å². The fourth-order valence-electron chi connectivity index (χ4n) is 2.96. The van der Waals surface area contributed by atoms with E-state index in [1.165, 1.54) is 0 Å². The summed E-state index contributed by atoms with van der Waals surface area (Å²) in [6, 6.07) is 15.8. The number of fused-ring (bicyclic) bond motifs is 1. The molecule has 0 aliphatic rings. The van der Waals surface area contributed by atoms with E-state index in [0.717, 1.165) is 34.3 Å². The Morgan fingerprint density at radius 1 is 0.889 bits per heavy atom. The number of benzene rings is 1. The van der Waals surface area contributed by atoms with E-state index in [-0.39, 0.29) is 6.04 Å². The lowest BCUT2D eigenvalue weighted by molar-refractivity contribution is 0.674. The number of anilines is 1. The molecule has 1 atom stereocenters. The quantitative estimate of drug-likeness (QED) is 0.549. The van der Waals surface area contributed by atoms with Gasteiger partial charge in [-0.15, -0.1) is 0 Å². The number of hydrogen-bond donors (Lipinski definition) is 2. The number of nitrogens with zero attached hydrogens (tertiary/aromatic N) is 4. The normalized spacial score (nSPS) is 12.0. The Labute approximate surface area is 157 Å². The highest BCUT2D eigenvalue weighted by atomic mass is 15.0. The molecule has 4 aromatic rings. The number of nitrogens with one attached hydrogen (secondary N) is 1. The molecule has 3 N–H and O–H groups in total. The first-order valence-corrected chi connectivity index (χ1v) is 8.88. The van der Waals surface area contributed by atoms with Gasteiger partial charge in [-0.25, -0.2) is 9.97 Å². The average Bonchev–Trinajstić information content (AvgIpc) is 2.74.